The summed E-state index contributed by atoms with van der Waals surface area (Å²) in [6.45, 7) is 3.14. The number of aliphatic hydroxyl groups is 1. The Bertz CT molecular complexity index is 1030. The van der Waals surface area contributed by atoms with E-state index in [2.05, 4.69) is 11.1 Å². The summed E-state index contributed by atoms with van der Waals surface area (Å²) in [6, 6.07) is 13.1. The van der Waals surface area contributed by atoms with Gasteiger partial charge in [-0.2, -0.15) is 5.26 Å². The van der Waals surface area contributed by atoms with Gasteiger partial charge in [0.1, 0.15) is 6.10 Å². The molecule has 31 heavy (non-hydrogen) atoms. The van der Waals surface area contributed by atoms with Crippen LogP contribution in [0.5, 0.6) is 0 Å². The van der Waals surface area contributed by atoms with Crippen LogP contribution in [-0.2, 0) is 16.0 Å². The van der Waals surface area contributed by atoms with E-state index in [9.17, 15) is 23.9 Å². The van der Waals surface area contributed by atoms with E-state index in [0.717, 1.165) is 16.8 Å². The van der Waals surface area contributed by atoms with Gasteiger partial charge in [0.25, 0.3) is 5.92 Å². The van der Waals surface area contributed by atoms with Crippen LogP contribution in [0.2, 0.25) is 0 Å². The Morgan fingerprint density at radius 1 is 1.26 bits per heavy atom. The quantitative estimate of drug-likeness (QED) is 0.743. The van der Waals surface area contributed by atoms with Gasteiger partial charge >= 0.3 is 5.97 Å². The van der Waals surface area contributed by atoms with Crippen LogP contribution in [0.15, 0.2) is 42.6 Å². The molecule has 5 atom stereocenters. The predicted molar refractivity (Wildman–Crippen MR) is 109 cm³/mol. The van der Waals surface area contributed by atoms with Crippen molar-refractivity contribution in [2.45, 2.75) is 50.7 Å². The summed E-state index contributed by atoms with van der Waals surface area (Å²) in [5, 5.41) is 20.1. The molecule has 1 aromatic heterocycles. The van der Waals surface area contributed by atoms with Gasteiger partial charge in [-0.25, -0.2) is 13.6 Å². The number of nitrogens with zero attached hydrogens (tertiary/aromatic N) is 2. The molecule has 1 saturated heterocycles. The number of carbonyl (C=O) groups is 1. The first-order valence-electron chi connectivity index (χ1n) is 10.4. The predicted octanol–water partition coefficient (Wildman–Crippen LogP) is 4.14. The van der Waals surface area contributed by atoms with Gasteiger partial charge in [-0.1, -0.05) is 31.2 Å². The average Bonchev–Trinajstić information content (AvgIpc) is 2.96. The molecule has 0 bridgehead atoms. The van der Waals surface area contributed by atoms with Crippen LogP contribution in [0.25, 0.3) is 11.1 Å². The van der Waals surface area contributed by atoms with Crippen molar-refractivity contribution in [1.29, 1.82) is 5.26 Å². The fourth-order valence-electron chi connectivity index (χ4n) is 5.21. The van der Waals surface area contributed by atoms with Crippen LogP contribution in [0.4, 0.5) is 8.78 Å². The molecular formula is C24H24F2N2O3. The molecule has 0 spiro atoms. The summed E-state index contributed by atoms with van der Waals surface area (Å²) in [6.07, 6.45) is 0.950. The third-order valence-corrected chi connectivity index (χ3v) is 6.90. The zero-order valence-electron chi connectivity index (χ0n) is 17.4. The molecular weight excluding hydrogens is 402 g/mol. The van der Waals surface area contributed by atoms with E-state index in [1.54, 1.807) is 25.3 Å². The first kappa shape index (κ1) is 21.4. The minimum atomic E-state index is -3.16. The number of cyclic esters (lactones) is 1. The number of esters is 1. The molecule has 7 heteroatoms. The number of nitriles is 1. The van der Waals surface area contributed by atoms with Crippen molar-refractivity contribution in [3.63, 3.8) is 0 Å². The number of aromatic nitrogens is 1. The number of hydrogen-bond donors (Lipinski definition) is 1. The third-order valence-electron chi connectivity index (χ3n) is 6.90. The van der Waals surface area contributed by atoms with E-state index < -0.39 is 47.8 Å². The molecule has 162 valence electrons. The minimum absolute atomic E-state index is 0.353. The number of alkyl halides is 2. The first-order chi connectivity index (χ1) is 14.7. The number of rotatable bonds is 4. The SMILES string of the molecule is C[C@H]1OC(=O)[C@]2(O)CC(F)(F)[C@@H](C)[C@H](CCc3ccc(-c4ccccc4C#N)cn3)[C@H]12. The van der Waals surface area contributed by atoms with Gasteiger partial charge in [-0.05, 0) is 37.8 Å². The van der Waals surface area contributed by atoms with Gasteiger partial charge in [0.05, 0.1) is 18.1 Å². The van der Waals surface area contributed by atoms with Crippen molar-refractivity contribution in [1.82, 2.24) is 4.98 Å². The van der Waals surface area contributed by atoms with Gasteiger partial charge in [0, 0.05) is 34.9 Å². The fourth-order valence-corrected chi connectivity index (χ4v) is 5.21. The second kappa shape index (κ2) is 7.69. The number of benzene rings is 1. The van der Waals surface area contributed by atoms with Crippen molar-refractivity contribution < 1.29 is 23.4 Å². The topological polar surface area (TPSA) is 83.2 Å². The van der Waals surface area contributed by atoms with Gasteiger partial charge in [-0.15, -0.1) is 0 Å². The second-order valence-corrected chi connectivity index (χ2v) is 8.69. The molecule has 1 saturated carbocycles. The molecule has 0 radical (unpaired) electrons. The lowest BCUT2D eigenvalue weighted by molar-refractivity contribution is -0.200. The number of carbonyl (C=O) groups excluding carboxylic acids is 1. The summed E-state index contributed by atoms with van der Waals surface area (Å²) in [5.74, 6) is -6.35. The lowest BCUT2D eigenvalue weighted by Gasteiger charge is -2.46. The van der Waals surface area contributed by atoms with E-state index in [-0.39, 0.29) is 0 Å². The molecule has 2 heterocycles. The van der Waals surface area contributed by atoms with Crippen molar-refractivity contribution in [3.05, 3.63) is 53.9 Å². The van der Waals surface area contributed by atoms with Crippen molar-refractivity contribution >= 4 is 5.97 Å². The Labute approximate surface area is 179 Å². The normalized spacial score (nSPS) is 31.5. The number of halogens is 2. The highest BCUT2D eigenvalue weighted by molar-refractivity contribution is 5.82. The van der Waals surface area contributed by atoms with E-state index >= 15 is 0 Å². The largest absolute Gasteiger partial charge is 0.460 e. The molecule has 2 aromatic rings. The van der Waals surface area contributed by atoms with E-state index in [1.165, 1.54) is 6.92 Å². The zero-order chi connectivity index (χ0) is 22.4. The molecule has 1 aliphatic carbocycles. The van der Waals surface area contributed by atoms with Crippen molar-refractivity contribution in [3.8, 4) is 17.2 Å². The molecule has 2 aliphatic rings. The van der Waals surface area contributed by atoms with Crippen LogP contribution in [-0.4, -0.2) is 33.7 Å². The lowest BCUT2D eigenvalue weighted by Crippen LogP contribution is -2.58. The number of aryl methyl sites for hydroxylation is 1. The minimum Gasteiger partial charge on any atom is -0.460 e. The first-order valence-corrected chi connectivity index (χ1v) is 10.4. The molecule has 1 N–H and O–H groups in total. The molecule has 0 unspecified atom stereocenters. The number of ether oxygens (including phenoxy) is 1. The Hall–Kier alpha value is -2.85. The number of pyridine rings is 1. The van der Waals surface area contributed by atoms with E-state index in [1.807, 2.05) is 24.3 Å². The molecule has 1 aliphatic heterocycles. The third kappa shape index (κ3) is 3.59. The van der Waals surface area contributed by atoms with Crippen LogP contribution in [0.3, 0.4) is 0 Å². The smallest absolute Gasteiger partial charge is 0.339 e. The Morgan fingerprint density at radius 2 is 2.00 bits per heavy atom. The number of hydrogen-bond acceptors (Lipinski definition) is 5. The Morgan fingerprint density at radius 3 is 2.68 bits per heavy atom. The zero-order valence-corrected chi connectivity index (χ0v) is 17.4. The molecule has 5 nitrogen and oxygen atoms in total. The van der Waals surface area contributed by atoms with Crippen LogP contribution in [0.1, 0.15) is 37.9 Å². The Balaban J connectivity index is 1.54. The fraction of sp³-hybridized carbons (Fsp3) is 0.458. The van der Waals surface area contributed by atoms with E-state index in [0.29, 0.717) is 18.4 Å². The maximum Gasteiger partial charge on any atom is 0.339 e. The highest BCUT2D eigenvalue weighted by Gasteiger charge is 2.67. The van der Waals surface area contributed by atoms with Crippen LogP contribution >= 0.6 is 0 Å². The van der Waals surface area contributed by atoms with E-state index in [4.69, 9.17) is 4.74 Å². The monoisotopic (exact) mass is 426 g/mol. The summed E-state index contributed by atoms with van der Waals surface area (Å²) in [7, 11) is 0. The van der Waals surface area contributed by atoms with Crippen molar-refractivity contribution in [2.24, 2.45) is 17.8 Å². The summed E-state index contributed by atoms with van der Waals surface area (Å²) in [5.41, 5.74) is 0.717. The van der Waals surface area contributed by atoms with Crippen molar-refractivity contribution in [2.75, 3.05) is 0 Å². The van der Waals surface area contributed by atoms with Gasteiger partial charge in [0.2, 0.25) is 0 Å². The molecule has 4 rings (SSSR count). The Kier molecular flexibility index (Phi) is 5.30. The summed E-state index contributed by atoms with van der Waals surface area (Å²) >= 11 is 0. The molecule has 2 fully saturated rings. The summed E-state index contributed by atoms with van der Waals surface area (Å²) in [4.78, 5) is 16.6. The van der Waals surface area contributed by atoms with Crippen LogP contribution < -0.4 is 0 Å². The van der Waals surface area contributed by atoms with Gasteiger partial charge in [0.15, 0.2) is 5.60 Å². The van der Waals surface area contributed by atoms with Gasteiger partial charge in [-0.3, -0.25) is 4.98 Å². The number of fused-ring (bicyclic) bond motifs is 1. The van der Waals surface area contributed by atoms with Crippen LogP contribution in [0, 0.1) is 29.1 Å². The maximum atomic E-state index is 14.7. The summed E-state index contributed by atoms with van der Waals surface area (Å²) < 4.78 is 34.5. The molecule has 0 amide bonds. The second-order valence-electron chi connectivity index (χ2n) is 8.69. The lowest BCUT2D eigenvalue weighted by atomic mass is 9.61. The maximum absolute atomic E-state index is 14.7. The average molecular weight is 426 g/mol. The molecule has 1 aromatic carbocycles. The van der Waals surface area contributed by atoms with Gasteiger partial charge < -0.3 is 9.84 Å². The standard InChI is InChI=1S/C24H24F2N2O3/c1-14-19(21-15(2)31-22(29)23(21,30)13-24(14,25)26)10-9-18-8-7-17(12-28-18)20-6-4-3-5-16(20)11-27/h3-8,12,14-15,19,21,30H,9-10,13H2,1-2H3/t14-,15+,19-,21-,23-/m0/s1. The highest BCUT2D eigenvalue weighted by atomic mass is 19.3. The highest BCUT2D eigenvalue weighted by Crippen LogP contribution is 2.55.